The van der Waals surface area contributed by atoms with Crippen LogP contribution in [0.15, 0.2) is 0 Å². The summed E-state index contributed by atoms with van der Waals surface area (Å²) in [6.45, 7) is 6.25. The van der Waals surface area contributed by atoms with Crippen LogP contribution in [0.4, 0.5) is 0 Å². The van der Waals surface area contributed by atoms with E-state index in [4.69, 9.17) is 0 Å². The standard InChI is InChI=1S/C20H32O2/c1-11-8-17-14-6-7-20(3,22)10-13(14)4-5-15(17)18-9-16(12(2)21)19(11)18/h11,13-19,22H,4-10H2,1-3H3/t11-,13+,14+,15-,16-,17-,18+,19-,20-/m1/s1. The molecule has 0 aromatic carbocycles. The number of carbonyl (C=O) groups excluding carboxylic acids is 1. The summed E-state index contributed by atoms with van der Waals surface area (Å²) in [6.07, 6.45) is 8.47. The summed E-state index contributed by atoms with van der Waals surface area (Å²) in [5.74, 6) is 6.49. The van der Waals surface area contributed by atoms with Gasteiger partial charge in [-0.25, -0.2) is 0 Å². The minimum absolute atomic E-state index is 0.380. The van der Waals surface area contributed by atoms with E-state index in [1.54, 1.807) is 6.92 Å². The Balaban J connectivity index is 1.52. The van der Waals surface area contributed by atoms with Crippen LogP contribution in [0.1, 0.15) is 65.7 Å². The number of Topliss-reactive ketones (excluding diaryl/α,β-unsaturated/α-hetero) is 1. The summed E-state index contributed by atoms with van der Waals surface area (Å²) in [7, 11) is 0. The third-order valence-electron chi connectivity index (χ3n) is 8.15. The van der Waals surface area contributed by atoms with E-state index < -0.39 is 5.60 Å². The van der Waals surface area contributed by atoms with Gasteiger partial charge in [-0.05, 0) is 100 Å². The van der Waals surface area contributed by atoms with Gasteiger partial charge < -0.3 is 5.11 Å². The van der Waals surface area contributed by atoms with Crippen molar-refractivity contribution in [3.05, 3.63) is 0 Å². The van der Waals surface area contributed by atoms with Gasteiger partial charge in [0.1, 0.15) is 5.78 Å². The molecule has 22 heavy (non-hydrogen) atoms. The van der Waals surface area contributed by atoms with Crippen LogP contribution in [-0.2, 0) is 4.79 Å². The largest absolute Gasteiger partial charge is 0.390 e. The van der Waals surface area contributed by atoms with E-state index in [1.807, 2.05) is 6.92 Å². The fourth-order valence-electron chi connectivity index (χ4n) is 7.24. The molecule has 0 aromatic rings. The molecule has 1 N–H and O–H groups in total. The van der Waals surface area contributed by atoms with E-state index in [2.05, 4.69) is 6.92 Å². The van der Waals surface area contributed by atoms with E-state index in [0.717, 1.165) is 48.3 Å². The fraction of sp³-hybridized carbons (Fsp3) is 0.950. The molecule has 4 fully saturated rings. The molecule has 0 saturated heterocycles. The van der Waals surface area contributed by atoms with Crippen LogP contribution in [0.2, 0.25) is 0 Å². The molecule has 124 valence electrons. The highest BCUT2D eigenvalue weighted by atomic mass is 16.3. The minimum Gasteiger partial charge on any atom is -0.390 e. The number of rotatable bonds is 1. The average molecular weight is 304 g/mol. The van der Waals surface area contributed by atoms with Gasteiger partial charge >= 0.3 is 0 Å². The maximum Gasteiger partial charge on any atom is 0.133 e. The second kappa shape index (κ2) is 5.06. The van der Waals surface area contributed by atoms with E-state index in [0.29, 0.717) is 17.6 Å². The van der Waals surface area contributed by atoms with Crippen molar-refractivity contribution in [2.24, 2.45) is 47.3 Å². The molecule has 2 nitrogen and oxygen atoms in total. The fourth-order valence-corrected chi connectivity index (χ4v) is 7.24. The molecule has 0 spiro atoms. The van der Waals surface area contributed by atoms with Crippen molar-refractivity contribution in [1.82, 2.24) is 0 Å². The first-order valence-electron chi connectivity index (χ1n) is 9.60. The van der Waals surface area contributed by atoms with Crippen molar-refractivity contribution in [3.8, 4) is 0 Å². The molecule has 0 aliphatic heterocycles. The van der Waals surface area contributed by atoms with Crippen LogP contribution in [0.25, 0.3) is 0 Å². The summed E-state index contributed by atoms with van der Waals surface area (Å²) in [4.78, 5) is 11.9. The zero-order valence-corrected chi connectivity index (χ0v) is 14.4. The second-order valence-corrected chi connectivity index (χ2v) is 9.48. The number of aliphatic hydroxyl groups is 1. The summed E-state index contributed by atoms with van der Waals surface area (Å²) in [5.41, 5.74) is -0.410. The lowest BCUT2D eigenvalue weighted by Crippen LogP contribution is -2.57. The Morgan fingerprint density at radius 2 is 1.82 bits per heavy atom. The summed E-state index contributed by atoms with van der Waals surface area (Å²) in [5, 5.41) is 10.4. The lowest BCUT2D eigenvalue weighted by Gasteiger charge is -2.61. The van der Waals surface area contributed by atoms with Gasteiger partial charge in [-0.1, -0.05) is 6.92 Å². The molecule has 4 rings (SSSR count). The molecule has 0 aromatic heterocycles. The zero-order valence-electron chi connectivity index (χ0n) is 14.4. The van der Waals surface area contributed by atoms with Crippen LogP contribution in [-0.4, -0.2) is 16.5 Å². The Hall–Kier alpha value is -0.370. The molecule has 4 aliphatic carbocycles. The number of hydrogen-bond donors (Lipinski definition) is 1. The van der Waals surface area contributed by atoms with Gasteiger partial charge in [0.2, 0.25) is 0 Å². The molecule has 0 radical (unpaired) electrons. The molecule has 9 atom stereocenters. The average Bonchev–Trinajstić information content (AvgIpc) is 2.37. The molecule has 0 unspecified atom stereocenters. The normalized spacial score (nSPS) is 57.1. The van der Waals surface area contributed by atoms with Gasteiger partial charge in [0.05, 0.1) is 5.60 Å². The number of fused-ring (bicyclic) bond motifs is 5. The molecule has 4 saturated carbocycles. The van der Waals surface area contributed by atoms with Gasteiger partial charge in [-0.2, -0.15) is 0 Å². The van der Waals surface area contributed by atoms with Gasteiger partial charge in [-0.3, -0.25) is 4.79 Å². The van der Waals surface area contributed by atoms with Crippen molar-refractivity contribution >= 4 is 5.78 Å². The smallest absolute Gasteiger partial charge is 0.133 e. The van der Waals surface area contributed by atoms with E-state index in [1.165, 1.54) is 32.1 Å². The molecular formula is C20H32O2. The minimum atomic E-state index is -0.410. The van der Waals surface area contributed by atoms with Crippen LogP contribution < -0.4 is 0 Å². The van der Waals surface area contributed by atoms with E-state index >= 15 is 0 Å². The highest BCUT2D eigenvalue weighted by molar-refractivity contribution is 5.79. The predicted octanol–water partition coefficient (Wildman–Crippen LogP) is 4.06. The lowest BCUT2D eigenvalue weighted by atomic mass is 9.43. The molecule has 4 aliphatic rings. The Bertz CT molecular complexity index is 468. The Morgan fingerprint density at radius 1 is 1.05 bits per heavy atom. The van der Waals surface area contributed by atoms with Crippen molar-refractivity contribution in [2.45, 2.75) is 71.3 Å². The third kappa shape index (κ3) is 2.20. The molecule has 2 heteroatoms. The molecule has 0 amide bonds. The van der Waals surface area contributed by atoms with Crippen molar-refractivity contribution < 1.29 is 9.90 Å². The van der Waals surface area contributed by atoms with E-state index in [-0.39, 0.29) is 0 Å². The van der Waals surface area contributed by atoms with Crippen LogP contribution in [0, 0.1) is 47.3 Å². The Labute approximate surface area is 135 Å². The maximum atomic E-state index is 11.9. The summed E-state index contributed by atoms with van der Waals surface area (Å²) < 4.78 is 0. The Morgan fingerprint density at radius 3 is 2.55 bits per heavy atom. The first kappa shape index (κ1) is 15.2. The van der Waals surface area contributed by atoms with E-state index in [9.17, 15) is 9.90 Å². The number of ketones is 1. The van der Waals surface area contributed by atoms with Gasteiger partial charge in [0.15, 0.2) is 0 Å². The highest BCUT2D eigenvalue weighted by Gasteiger charge is 2.57. The third-order valence-corrected chi connectivity index (χ3v) is 8.15. The molecule has 0 bridgehead atoms. The monoisotopic (exact) mass is 304 g/mol. The molecule has 0 heterocycles. The summed E-state index contributed by atoms with van der Waals surface area (Å²) in [6, 6.07) is 0. The topological polar surface area (TPSA) is 37.3 Å². The van der Waals surface area contributed by atoms with Gasteiger partial charge in [-0.15, -0.1) is 0 Å². The summed E-state index contributed by atoms with van der Waals surface area (Å²) >= 11 is 0. The SMILES string of the molecule is CC(=O)[C@H]1C[C@H]2[C@@H]3CC[C@H]4C[C@](C)(O)CC[C@@H]4[C@H]3C[C@@H](C)[C@@H]21. The van der Waals surface area contributed by atoms with Crippen LogP contribution in [0.3, 0.4) is 0 Å². The van der Waals surface area contributed by atoms with Crippen molar-refractivity contribution in [3.63, 3.8) is 0 Å². The van der Waals surface area contributed by atoms with Gasteiger partial charge in [0.25, 0.3) is 0 Å². The van der Waals surface area contributed by atoms with Crippen LogP contribution in [0.5, 0.6) is 0 Å². The van der Waals surface area contributed by atoms with Crippen LogP contribution >= 0.6 is 0 Å². The highest BCUT2D eigenvalue weighted by Crippen LogP contribution is 2.63. The second-order valence-electron chi connectivity index (χ2n) is 9.48. The first-order valence-corrected chi connectivity index (χ1v) is 9.60. The lowest BCUT2D eigenvalue weighted by molar-refractivity contribution is -0.157. The predicted molar refractivity (Wildman–Crippen MR) is 87.2 cm³/mol. The van der Waals surface area contributed by atoms with Crippen molar-refractivity contribution in [1.29, 1.82) is 0 Å². The molecular weight excluding hydrogens is 272 g/mol. The number of hydrogen-bond acceptors (Lipinski definition) is 2. The van der Waals surface area contributed by atoms with Gasteiger partial charge in [0, 0.05) is 5.92 Å². The number of carbonyl (C=O) groups is 1. The Kier molecular flexibility index (Phi) is 3.49. The maximum absolute atomic E-state index is 11.9. The van der Waals surface area contributed by atoms with Crippen molar-refractivity contribution in [2.75, 3.05) is 0 Å². The first-order chi connectivity index (χ1) is 10.4. The zero-order chi connectivity index (χ0) is 15.6. The quantitative estimate of drug-likeness (QED) is 0.793.